The van der Waals surface area contributed by atoms with Crippen LogP contribution in [0.25, 0.3) is 0 Å². The maximum Gasteiger partial charge on any atom is 0.243 e. The number of nitrogens with zero attached hydrogens (tertiary/aromatic N) is 2. The number of nitrogens with two attached hydrogens (primary N) is 1. The maximum absolute atomic E-state index is 13.1. The highest BCUT2D eigenvalue weighted by Crippen LogP contribution is 2.34. The molecule has 2 aliphatic rings. The van der Waals surface area contributed by atoms with Crippen LogP contribution in [0.15, 0.2) is 23.1 Å². The van der Waals surface area contributed by atoms with Gasteiger partial charge in [-0.1, -0.05) is 18.6 Å². The molecule has 2 N–H and O–H groups in total. The van der Waals surface area contributed by atoms with Crippen molar-refractivity contribution in [2.75, 3.05) is 26.2 Å². The molecule has 1 aromatic rings. The molecule has 26 heavy (non-hydrogen) atoms. The average Bonchev–Trinajstić information content (AvgIpc) is 2.64. The molecule has 0 aliphatic carbocycles. The van der Waals surface area contributed by atoms with E-state index in [1.54, 1.807) is 6.07 Å². The molecule has 7 heteroatoms. The van der Waals surface area contributed by atoms with Gasteiger partial charge in [0.15, 0.2) is 0 Å². The van der Waals surface area contributed by atoms with Gasteiger partial charge in [0.25, 0.3) is 0 Å². The molecule has 0 saturated carbocycles. The summed E-state index contributed by atoms with van der Waals surface area (Å²) < 4.78 is 27.7. The first-order valence-electron chi connectivity index (χ1n) is 9.40. The molecular weight excluding hydrogens is 350 g/mol. The van der Waals surface area contributed by atoms with E-state index in [1.807, 2.05) is 26.0 Å². The van der Waals surface area contributed by atoms with Gasteiger partial charge in [-0.25, -0.2) is 8.42 Å². The fraction of sp³-hybridized carbons (Fsp3) is 0.632. The summed E-state index contributed by atoms with van der Waals surface area (Å²) in [6, 6.07) is 5.48. The van der Waals surface area contributed by atoms with E-state index in [9.17, 15) is 13.2 Å². The van der Waals surface area contributed by atoms with E-state index in [0.717, 1.165) is 37.1 Å². The van der Waals surface area contributed by atoms with Gasteiger partial charge in [-0.15, -0.1) is 0 Å². The Morgan fingerprint density at radius 1 is 1.04 bits per heavy atom. The second-order valence-electron chi connectivity index (χ2n) is 7.62. The normalized spacial score (nSPS) is 22.2. The van der Waals surface area contributed by atoms with Crippen LogP contribution in [0.5, 0.6) is 0 Å². The lowest BCUT2D eigenvalue weighted by molar-refractivity contribution is -0.134. The Kier molecular flexibility index (Phi) is 5.42. The lowest BCUT2D eigenvalue weighted by Gasteiger charge is -2.47. The maximum atomic E-state index is 13.1. The Morgan fingerprint density at radius 2 is 1.65 bits per heavy atom. The molecule has 0 aromatic heterocycles. The Hall–Kier alpha value is -1.44. The van der Waals surface area contributed by atoms with Crippen LogP contribution in [-0.2, 0) is 14.8 Å². The fourth-order valence-electron chi connectivity index (χ4n) is 4.26. The number of benzene rings is 1. The van der Waals surface area contributed by atoms with Crippen LogP contribution >= 0.6 is 0 Å². The van der Waals surface area contributed by atoms with Crippen LogP contribution in [0.3, 0.4) is 0 Å². The minimum atomic E-state index is -3.56. The summed E-state index contributed by atoms with van der Waals surface area (Å²) in [6.07, 6.45) is 4.25. The molecule has 2 saturated heterocycles. The number of piperidine rings is 2. The van der Waals surface area contributed by atoms with Crippen molar-refractivity contribution in [2.24, 2.45) is 5.73 Å². The van der Waals surface area contributed by atoms with Gasteiger partial charge in [0, 0.05) is 13.1 Å². The van der Waals surface area contributed by atoms with Gasteiger partial charge in [-0.3, -0.25) is 9.69 Å². The molecule has 0 unspecified atom stereocenters. The molecule has 1 amide bonds. The van der Waals surface area contributed by atoms with Crippen molar-refractivity contribution >= 4 is 15.9 Å². The number of aryl methyl sites for hydroxylation is 2. The van der Waals surface area contributed by atoms with Crippen molar-refractivity contribution in [2.45, 2.75) is 56.4 Å². The molecule has 0 atom stereocenters. The third-order valence-corrected chi connectivity index (χ3v) is 7.97. The zero-order chi connectivity index (χ0) is 18.9. The highest BCUT2D eigenvalue weighted by molar-refractivity contribution is 7.89. The zero-order valence-corrected chi connectivity index (χ0v) is 16.5. The summed E-state index contributed by atoms with van der Waals surface area (Å²) in [7, 11) is -3.56. The predicted molar refractivity (Wildman–Crippen MR) is 101 cm³/mol. The molecule has 0 radical (unpaired) electrons. The van der Waals surface area contributed by atoms with Gasteiger partial charge >= 0.3 is 0 Å². The van der Waals surface area contributed by atoms with Crippen LogP contribution in [0.4, 0.5) is 0 Å². The number of likely N-dealkylation sites (tertiary alicyclic amines) is 1. The number of hydrogen-bond acceptors (Lipinski definition) is 4. The highest BCUT2D eigenvalue weighted by Gasteiger charge is 2.47. The van der Waals surface area contributed by atoms with Crippen LogP contribution in [0.2, 0.25) is 0 Å². The molecule has 0 spiro atoms. The van der Waals surface area contributed by atoms with E-state index >= 15 is 0 Å². The molecule has 0 bridgehead atoms. The van der Waals surface area contributed by atoms with Gasteiger partial charge in [-0.2, -0.15) is 4.31 Å². The quantitative estimate of drug-likeness (QED) is 0.865. The number of rotatable bonds is 4. The standard InChI is InChI=1S/C19H29N3O3S/c1-15-6-7-16(2)17(14-15)26(24,25)22-12-8-19(9-13-22,18(20)23)21-10-4-3-5-11-21/h6-7,14H,3-5,8-13H2,1-2H3,(H2,20,23). The topological polar surface area (TPSA) is 83.7 Å². The summed E-state index contributed by atoms with van der Waals surface area (Å²) in [4.78, 5) is 14.9. The van der Waals surface area contributed by atoms with Crippen LogP contribution in [0.1, 0.15) is 43.2 Å². The van der Waals surface area contributed by atoms with E-state index < -0.39 is 15.6 Å². The predicted octanol–water partition coefficient (Wildman–Crippen LogP) is 1.80. The summed E-state index contributed by atoms with van der Waals surface area (Å²) in [5.41, 5.74) is 6.76. The van der Waals surface area contributed by atoms with Crippen LogP contribution < -0.4 is 5.73 Å². The molecular formula is C19H29N3O3S. The smallest absolute Gasteiger partial charge is 0.243 e. The van der Waals surface area contributed by atoms with Crippen molar-refractivity contribution in [1.82, 2.24) is 9.21 Å². The van der Waals surface area contributed by atoms with Crippen LogP contribution in [-0.4, -0.2) is 55.2 Å². The van der Waals surface area contributed by atoms with Gasteiger partial charge in [0.1, 0.15) is 5.54 Å². The molecule has 3 rings (SSSR count). The van der Waals surface area contributed by atoms with Crippen molar-refractivity contribution in [3.63, 3.8) is 0 Å². The van der Waals surface area contributed by atoms with Gasteiger partial charge < -0.3 is 5.73 Å². The Labute approximate surface area is 156 Å². The summed E-state index contributed by atoms with van der Waals surface area (Å²) in [5, 5.41) is 0. The van der Waals surface area contributed by atoms with E-state index in [1.165, 1.54) is 10.7 Å². The fourth-order valence-corrected chi connectivity index (χ4v) is 6.01. The number of hydrogen-bond donors (Lipinski definition) is 1. The van der Waals surface area contributed by atoms with E-state index in [2.05, 4.69) is 4.90 Å². The number of carbonyl (C=O) groups excluding carboxylic acids is 1. The summed E-state index contributed by atoms with van der Waals surface area (Å²) >= 11 is 0. The molecule has 2 aliphatic heterocycles. The second-order valence-corrected chi connectivity index (χ2v) is 9.52. The third-order valence-electron chi connectivity index (χ3n) is 5.93. The Balaban J connectivity index is 1.82. The van der Waals surface area contributed by atoms with Crippen molar-refractivity contribution in [3.8, 4) is 0 Å². The number of carbonyl (C=O) groups is 1. The SMILES string of the molecule is Cc1ccc(C)c(S(=O)(=O)N2CCC(C(N)=O)(N3CCCCC3)CC2)c1. The first-order chi connectivity index (χ1) is 12.3. The highest BCUT2D eigenvalue weighted by atomic mass is 32.2. The second kappa shape index (κ2) is 7.29. The number of primary amides is 1. The molecule has 6 nitrogen and oxygen atoms in total. The van der Waals surface area contributed by atoms with E-state index in [-0.39, 0.29) is 5.91 Å². The van der Waals surface area contributed by atoms with Crippen molar-refractivity contribution < 1.29 is 13.2 Å². The van der Waals surface area contributed by atoms with Gasteiger partial charge in [0.05, 0.1) is 4.90 Å². The monoisotopic (exact) mass is 379 g/mol. The average molecular weight is 380 g/mol. The lowest BCUT2D eigenvalue weighted by Crippen LogP contribution is -2.63. The Morgan fingerprint density at radius 3 is 2.23 bits per heavy atom. The van der Waals surface area contributed by atoms with E-state index in [0.29, 0.717) is 30.8 Å². The van der Waals surface area contributed by atoms with Crippen molar-refractivity contribution in [1.29, 1.82) is 0 Å². The molecule has 2 fully saturated rings. The zero-order valence-electron chi connectivity index (χ0n) is 15.7. The molecule has 2 heterocycles. The van der Waals surface area contributed by atoms with Gasteiger partial charge in [0.2, 0.25) is 15.9 Å². The van der Waals surface area contributed by atoms with Crippen molar-refractivity contribution in [3.05, 3.63) is 29.3 Å². The first-order valence-corrected chi connectivity index (χ1v) is 10.8. The first kappa shape index (κ1) is 19.3. The van der Waals surface area contributed by atoms with Gasteiger partial charge in [-0.05, 0) is 69.8 Å². The minimum absolute atomic E-state index is 0.316. The minimum Gasteiger partial charge on any atom is -0.368 e. The molecule has 144 valence electrons. The number of amides is 1. The summed E-state index contributed by atoms with van der Waals surface area (Å²) in [6.45, 7) is 6.10. The van der Waals surface area contributed by atoms with E-state index in [4.69, 9.17) is 5.73 Å². The summed E-state index contributed by atoms with van der Waals surface area (Å²) in [5.74, 6) is -0.316. The number of sulfonamides is 1. The Bertz CT molecular complexity index is 777. The largest absolute Gasteiger partial charge is 0.368 e. The third kappa shape index (κ3) is 3.40. The molecule has 1 aromatic carbocycles. The lowest BCUT2D eigenvalue weighted by atomic mass is 9.84. The van der Waals surface area contributed by atoms with Crippen LogP contribution in [0, 0.1) is 13.8 Å².